The van der Waals surface area contributed by atoms with Crippen molar-refractivity contribution in [3.8, 4) is 0 Å². The molecular formula is C13H25NO3S. The molecule has 18 heavy (non-hydrogen) atoms. The van der Waals surface area contributed by atoms with E-state index in [-0.39, 0.29) is 23.2 Å². The number of nitrogens with two attached hydrogens (primary N) is 1. The summed E-state index contributed by atoms with van der Waals surface area (Å²) in [4.78, 5) is 0. The first kappa shape index (κ1) is 14.3. The van der Waals surface area contributed by atoms with E-state index in [0.29, 0.717) is 6.54 Å². The minimum Gasteiger partial charge on any atom is -0.393 e. The fraction of sp³-hybridized carbons (Fsp3) is 1.00. The van der Waals surface area contributed by atoms with Gasteiger partial charge in [0.2, 0.25) is 0 Å². The van der Waals surface area contributed by atoms with Crippen LogP contribution >= 0.6 is 0 Å². The van der Waals surface area contributed by atoms with Gasteiger partial charge in [0.25, 0.3) is 0 Å². The maximum absolute atomic E-state index is 12.2. The molecule has 1 aliphatic carbocycles. The molecule has 2 fully saturated rings. The third-order valence-electron chi connectivity index (χ3n) is 5.41. The molecular weight excluding hydrogens is 250 g/mol. The van der Waals surface area contributed by atoms with Gasteiger partial charge in [-0.05, 0) is 63.8 Å². The highest BCUT2D eigenvalue weighted by atomic mass is 32.2. The Balaban J connectivity index is 2.30. The molecule has 0 aromatic rings. The first-order chi connectivity index (χ1) is 8.25. The van der Waals surface area contributed by atoms with Crippen molar-refractivity contribution in [3.63, 3.8) is 0 Å². The number of sulfone groups is 1. The Morgan fingerprint density at radius 3 is 2.17 bits per heavy atom. The smallest absolute Gasteiger partial charge is 0.155 e. The Kier molecular flexibility index (Phi) is 3.54. The zero-order valence-corrected chi connectivity index (χ0v) is 12.2. The van der Waals surface area contributed by atoms with Crippen molar-refractivity contribution in [3.05, 3.63) is 0 Å². The molecule has 1 unspecified atom stereocenters. The zero-order chi connectivity index (χ0) is 13.6. The lowest BCUT2D eigenvalue weighted by atomic mass is 9.61. The maximum atomic E-state index is 12.2. The van der Waals surface area contributed by atoms with E-state index < -0.39 is 14.6 Å². The van der Waals surface area contributed by atoms with Crippen molar-refractivity contribution in [2.24, 2.45) is 17.1 Å². The van der Waals surface area contributed by atoms with Crippen molar-refractivity contribution >= 4 is 9.84 Å². The summed E-state index contributed by atoms with van der Waals surface area (Å²) in [5.74, 6) is 0.419. The van der Waals surface area contributed by atoms with E-state index in [1.165, 1.54) is 0 Å². The molecule has 1 saturated heterocycles. The van der Waals surface area contributed by atoms with Crippen molar-refractivity contribution in [2.45, 2.75) is 56.8 Å². The van der Waals surface area contributed by atoms with E-state index in [4.69, 9.17) is 5.73 Å². The van der Waals surface area contributed by atoms with Gasteiger partial charge in [-0.1, -0.05) is 0 Å². The van der Waals surface area contributed by atoms with Crippen LogP contribution in [-0.2, 0) is 9.84 Å². The molecule has 0 aromatic heterocycles. The lowest BCUT2D eigenvalue weighted by Crippen LogP contribution is -2.49. The summed E-state index contributed by atoms with van der Waals surface area (Å²) in [7, 11) is -3.00. The molecule has 3 N–H and O–H groups in total. The molecule has 1 atom stereocenters. The number of hydrogen-bond acceptors (Lipinski definition) is 4. The van der Waals surface area contributed by atoms with Crippen LogP contribution in [0.1, 0.15) is 46.0 Å². The van der Waals surface area contributed by atoms with Gasteiger partial charge in [-0.15, -0.1) is 0 Å². The first-order valence-corrected chi connectivity index (χ1v) is 8.51. The number of rotatable bonds is 2. The Morgan fingerprint density at radius 1 is 1.22 bits per heavy atom. The summed E-state index contributed by atoms with van der Waals surface area (Å²) in [5.41, 5.74) is 5.91. The Hall–Kier alpha value is -0.130. The second-order valence-electron chi connectivity index (χ2n) is 6.56. The normalized spacial score (nSPS) is 42.9. The van der Waals surface area contributed by atoms with Crippen molar-refractivity contribution in [2.75, 3.05) is 12.3 Å². The van der Waals surface area contributed by atoms with Gasteiger partial charge in [-0.2, -0.15) is 0 Å². The van der Waals surface area contributed by atoms with E-state index >= 15 is 0 Å². The minimum atomic E-state index is -3.00. The molecule has 0 amide bonds. The van der Waals surface area contributed by atoms with Crippen molar-refractivity contribution in [1.82, 2.24) is 0 Å². The van der Waals surface area contributed by atoms with Gasteiger partial charge in [0.05, 0.1) is 16.6 Å². The van der Waals surface area contributed by atoms with Crippen molar-refractivity contribution in [1.29, 1.82) is 0 Å². The standard InChI is InChI=1S/C13H25NO3S/c1-12(2)11(5-8-18(12,16)17)13(9-14)6-3-10(15)4-7-13/h10-11,15H,3-9,14H2,1-2H3. The second kappa shape index (κ2) is 4.46. The van der Waals surface area contributed by atoms with E-state index in [2.05, 4.69) is 0 Å². The lowest BCUT2D eigenvalue weighted by molar-refractivity contribution is 0.0210. The van der Waals surface area contributed by atoms with E-state index in [1.807, 2.05) is 13.8 Å². The van der Waals surface area contributed by atoms with Crippen LogP contribution in [0, 0.1) is 11.3 Å². The Labute approximate surface area is 110 Å². The third kappa shape index (κ3) is 2.00. The highest BCUT2D eigenvalue weighted by Crippen LogP contribution is 2.53. The molecule has 106 valence electrons. The van der Waals surface area contributed by atoms with Crippen LogP contribution in [0.4, 0.5) is 0 Å². The summed E-state index contributed by atoms with van der Waals surface area (Å²) in [6.07, 6.45) is 3.71. The van der Waals surface area contributed by atoms with Gasteiger partial charge in [0.1, 0.15) is 0 Å². The molecule has 4 nitrogen and oxygen atoms in total. The summed E-state index contributed by atoms with van der Waals surface area (Å²) in [6, 6.07) is 0. The minimum absolute atomic E-state index is 0.0910. The quantitative estimate of drug-likeness (QED) is 0.790. The maximum Gasteiger partial charge on any atom is 0.155 e. The van der Waals surface area contributed by atoms with Gasteiger partial charge in [-0.3, -0.25) is 0 Å². The van der Waals surface area contributed by atoms with Crippen LogP contribution in [0.5, 0.6) is 0 Å². The lowest BCUT2D eigenvalue weighted by Gasteiger charge is -2.47. The molecule has 5 heteroatoms. The summed E-state index contributed by atoms with van der Waals surface area (Å²) >= 11 is 0. The molecule has 0 spiro atoms. The second-order valence-corrected chi connectivity index (χ2v) is 9.25. The predicted molar refractivity (Wildman–Crippen MR) is 71.9 cm³/mol. The number of aliphatic hydroxyl groups excluding tert-OH is 1. The molecule has 2 rings (SSSR count). The molecule has 2 aliphatic rings. The van der Waals surface area contributed by atoms with Gasteiger partial charge in [-0.25, -0.2) is 8.42 Å². The Bertz CT molecular complexity index is 408. The zero-order valence-electron chi connectivity index (χ0n) is 11.4. The number of hydrogen-bond donors (Lipinski definition) is 2. The largest absolute Gasteiger partial charge is 0.393 e. The Morgan fingerprint density at radius 2 is 1.78 bits per heavy atom. The van der Waals surface area contributed by atoms with Crippen molar-refractivity contribution < 1.29 is 13.5 Å². The van der Waals surface area contributed by atoms with Crippen LogP contribution in [0.3, 0.4) is 0 Å². The van der Waals surface area contributed by atoms with E-state index in [1.54, 1.807) is 0 Å². The molecule has 0 bridgehead atoms. The molecule has 1 heterocycles. The monoisotopic (exact) mass is 275 g/mol. The summed E-state index contributed by atoms with van der Waals surface area (Å²) in [6.45, 7) is 4.23. The molecule has 1 aliphatic heterocycles. The fourth-order valence-electron chi connectivity index (χ4n) is 4.02. The predicted octanol–water partition coefficient (Wildman–Crippen LogP) is 1.08. The van der Waals surface area contributed by atoms with Gasteiger partial charge < -0.3 is 10.8 Å². The topological polar surface area (TPSA) is 80.4 Å². The van der Waals surface area contributed by atoms with Crippen LogP contribution in [0.25, 0.3) is 0 Å². The molecule has 0 aromatic carbocycles. The third-order valence-corrected chi connectivity index (χ3v) is 8.07. The van der Waals surface area contributed by atoms with Crippen LogP contribution in [0.15, 0.2) is 0 Å². The average molecular weight is 275 g/mol. The van der Waals surface area contributed by atoms with E-state index in [9.17, 15) is 13.5 Å². The van der Waals surface area contributed by atoms with Gasteiger partial charge >= 0.3 is 0 Å². The highest BCUT2D eigenvalue weighted by Gasteiger charge is 2.56. The highest BCUT2D eigenvalue weighted by molar-refractivity contribution is 7.93. The van der Waals surface area contributed by atoms with Gasteiger partial charge in [0.15, 0.2) is 9.84 Å². The number of aliphatic hydroxyl groups is 1. The first-order valence-electron chi connectivity index (χ1n) is 6.86. The summed E-state index contributed by atoms with van der Waals surface area (Å²) in [5, 5.41) is 9.65. The van der Waals surface area contributed by atoms with Crippen LogP contribution in [0.2, 0.25) is 0 Å². The SMILES string of the molecule is CC1(C)C(C2(CN)CCC(O)CC2)CCS1(=O)=O. The molecule has 0 radical (unpaired) electrons. The molecule has 1 saturated carbocycles. The average Bonchev–Trinajstić information content (AvgIpc) is 2.52. The summed E-state index contributed by atoms with van der Waals surface area (Å²) < 4.78 is 23.7. The van der Waals surface area contributed by atoms with E-state index in [0.717, 1.165) is 32.1 Å². The van der Waals surface area contributed by atoms with Crippen LogP contribution < -0.4 is 5.73 Å². The van der Waals surface area contributed by atoms with Crippen LogP contribution in [-0.4, -0.2) is 36.7 Å². The van der Waals surface area contributed by atoms with Gasteiger partial charge in [0, 0.05) is 0 Å². The fourth-order valence-corrected chi connectivity index (χ4v) is 5.89.